The predicted octanol–water partition coefficient (Wildman–Crippen LogP) is 2.75. The summed E-state index contributed by atoms with van der Waals surface area (Å²) in [5.74, 6) is 0.759. The fourth-order valence-electron chi connectivity index (χ4n) is 2.26. The molecule has 1 aromatic heterocycles. The Morgan fingerprint density at radius 3 is 2.75 bits per heavy atom. The first-order valence-corrected chi connectivity index (χ1v) is 7.32. The van der Waals surface area contributed by atoms with Gasteiger partial charge in [-0.3, -0.25) is 0 Å². The lowest BCUT2D eigenvalue weighted by Gasteiger charge is -2.23. The van der Waals surface area contributed by atoms with Gasteiger partial charge in [0.15, 0.2) is 0 Å². The number of hydrogen-bond donors (Lipinski definition) is 1. The van der Waals surface area contributed by atoms with Crippen LogP contribution in [0.2, 0.25) is 0 Å². The van der Waals surface area contributed by atoms with Gasteiger partial charge in [0.2, 0.25) is 5.88 Å². The van der Waals surface area contributed by atoms with Gasteiger partial charge in [-0.05, 0) is 46.2 Å². The molecule has 1 aliphatic heterocycles. The van der Waals surface area contributed by atoms with Crippen molar-refractivity contribution >= 4 is 0 Å². The SMILES string of the molecule is Cc1cc(C)c(CNC(C)(C)C)c(OC2CCOC2)n1. The minimum Gasteiger partial charge on any atom is -0.472 e. The van der Waals surface area contributed by atoms with E-state index in [1.165, 1.54) is 5.56 Å². The quantitative estimate of drug-likeness (QED) is 0.919. The minimum atomic E-state index is 0.0745. The lowest BCUT2D eigenvalue weighted by Crippen LogP contribution is -2.35. The molecule has 4 heteroatoms. The third-order valence-corrected chi connectivity index (χ3v) is 3.40. The molecular formula is C16H26N2O2. The van der Waals surface area contributed by atoms with E-state index in [9.17, 15) is 0 Å². The minimum absolute atomic E-state index is 0.0745. The van der Waals surface area contributed by atoms with Gasteiger partial charge < -0.3 is 14.8 Å². The van der Waals surface area contributed by atoms with E-state index in [0.717, 1.165) is 36.7 Å². The van der Waals surface area contributed by atoms with Crippen molar-refractivity contribution in [2.24, 2.45) is 0 Å². The number of aryl methyl sites for hydroxylation is 2. The molecule has 0 spiro atoms. The van der Waals surface area contributed by atoms with E-state index < -0.39 is 0 Å². The van der Waals surface area contributed by atoms with E-state index in [0.29, 0.717) is 6.61 Å². The fraction of sp³-hybridized carbons (Fsp3) is 0.688. The van der Waals surface area contributed by atoms with Crippen molar-refractivity contribution in [3.63, 3.8) is 0 Å². The molecule has 112 valence electrons. The van der Waals surface area contributed by atoms with Crippen LogP contribution >= 0.6 is 0 Å². The number of rotatable bonds is 4. The maximum Gasteiger partial charge on any atom is 0.218 e. The number of pyridine rings is 1. The normalized spacial score (nSPS) is 19.4. The first-order valence-electron chi connectivity index (χ1n) is 7.32. The number of nitrogens with zero attached hydrogens (tertiary/aromatic N) is 1. The van der Waals surface area contributed by atoms with Crippen LogP contribution in [0.3, 0.4) is 0 Å². The monoisotopic (exact) mass is 278 g/mol. The van der Waals surface area contributed by atoms with Crippen LogP contribution < -0.4 is 10.1 Å². The first kappa shape index (κ1) is 15.3. The lowest BCUT2D eigenvalue weighted by molar-refractivity contribution is 0.136. The molecule has 1 N–H and O–H groups in total. The zero-order valence-corrected chi connectivity index (χ0v) is 13.2. The van der Waals surface area contributed by atoms with Gasteiger partial charge in [0.05, 0.1) is 13.2 Å². The summed E-state index contributed by atoms with van der Waals surface area (Å²) < 4.78 is 11.4. The predicted molar refractivity (Wildman–Crippen MR) is 80.2 cm³/mol. The van der Waals surface area contributed by atoms with E-state index in [1.54, 1.807) is 0 Å². The Labute approximate surface area is 121 Å². The van der Waals surface area contributed by atoms with Crippen molar-refractivity contribution in [2.75, 3.05) is 13.2 Å². The summed E-state index contributed by atoms with van der Waals surface area (Å²) in [7, 11) is 0. The zero-order chi connectivity index (χ0) is 14.8. The molecule has 0 amide bonds. The van der Waals surface area contributed by atoms with Gasteiger partial charge in [-0.25, -0.2) is 4.98 Å². The average molecular weight is 278 g/mol. The molecule has 1 atom stereocenters. The van der Waals surface area contributed by atoms with Crippen molar-refractivity contribution < 1.29 is 9.47 Å². The van der Waals surface area contributed by atoms with E-state index in [1.807, 2.05) is 6.92 Å². The molecule has 1 fully saturated rings. The van der Waals surface area contributed by atoms with E-state index in [-0.39, 0.29) is 11.6 Å². The van der Waals surface area contributed by atoms with Crippen LogP contribution in [0.5, 0.6) is 5.88 Å². The molecule has 1 saturated heterocycles. The Bertz CT molecular complexity index is 460. The molecule has 0 aromatic carbocycles. The van der Waals surface area contributed by atoms with Crippen molar-refractivity contribution in [3.8, 4) is 5.88 Å². The molecule has 0 bridgehead atoms. The van der Waals surface area contributed by atoms with Crippen LogP contribution in [0.15, 0.2) is 6.07 Å². The van der Waals surface area contributed by atoms with Crippen LogP contribution in [0.25, 0.3) is 0 Å². The summed E-state index contributed by atoms with van der Waals surface area (Å²) in [6.07, 6.45) is 1.08. The van der Waals surface area contributed by atoms with Crippen molar-refractivity contribution in [1.29, 1.82) is 0 Å². The van der Waals surface area contributed by atoms with E-state index >= 15 is 0 Å². The Morgan fingerprint density at radius 1 is 1.40 bits per heavy atom. The van der Waals surface area contributed by atoms with Crippen molar-refractivity contribution in [2.45, 2.75) is 59.2 Å². The summed E-state index contributed by atoms with van der Waals surface area (Å²) in [6, 6.07) is 2.11. The largest absolute Gasteiger partial charge is 0.472 e. The summed E-state index contributed by atoms with van der Waals surface area (Å²) in [6.45, 7) is 12.8. The Morgan fingerprint density at radius 2 is 2.15 bits per heavy atom. The number of ether oxygens (including phenoxy) is 2. The maximum absolute atomic E-state index is 6.06. The van der Waals surface area contributed by atoms with E-state index in [4.69, 9.17) is 9.47 Å². The fourth-order valence-corrected chi connectivity index (χ4v) is 2.26. The number of hydrogen-bond acceptors (Lipinski definition) is 4. The summed E-state index contributed by atoms with van der Waals surface area (Å²) in [4.78, 5) is 4.58. The lowest BCUT2D eigenvalue weighted by atomic mass is 10.1. The van der Waals surface area contributed by atoms with Crippen molar-refractivity contribution in [3.05, 3.63) is 22.9 Å². The summed E-state index contributed by atoms with van der Waals surface area (Å²) >= 11 is 0. The number of aromatic nitrogens is 1. The van der Waals surface area contributed by atoms with E-state index in [2.05, 4.69) is 44.1 Å². The highest BCUT2D eigenvalue weighted by Gasteiger charge is 2.21. The molecule has 1 aliphatic rings. The maximum atomic E-state index is 6.06. The molecule has 20 heavy (non-hydrogen) atoms. The van der Waals surface area contributed by atoms with Gasteiger partial charge in [-0.15, -0.1) is 0 Å². The van der Waals surface area contributed by atoms with Crippen LogP contribution in [0.4, 0.5) is 0 Å². The highest BCUT2D eigenvalue weighted by molar-refractivity contribution is 5.36. The molecule has 4 nitrogen and oxygen atoms in total. The van der Waals surface area contributed by atoms with Gasteiger partial charge in [-0.2, -0.15) is 0 Å². The summed E-state index contributed by atoms with van der Waals surface area (Å²) in [5.41, 5.74) is 3.45. The van der Waals surface area contributed by atoms with Crippen molar-refractivity contribution in [1.82, 2.24) is 10.3 Å². The second-order valence-corrected chi connectivity index (χ2v) is 6.57. The highest BCUT2D eigenvalue weighted by atomic mass is 16.5. The summed E-state index contributed by atoms with van der Waals surface area (Å²) in [5, 5.41) is 3.51. The third kappa shape index (κ3) is 4.18. The van der Waals surface area contributed by atoms with Crippen LogP contribution in [-0.4, -0.2) is 29.8 Å². The Kier molecular flexibility index (Phi) is 4.66. The van der Waals surface area contributed by atoms with Gasteiger partial charge in [-0.1, -0.05) is 0 Å². The average Bonchev–Trinajstić information content (AvgIpc) is 2.78. The Hall–Kier alpha value is -1.13. The van der Waals surface area contributed by atoms with Crippen LogP contribution in [0, 0.1) is 13.8 Å². The van der Waals surface area contributed by atoms with Crippen LogP contribution in [0.1, 0.15) is 44.0 Å². The highest BCUT2D eigenvalue weighted by Crippen LogP contribution is 2.24. The molecule has 1 unspecified atom stereocenters. The molecule has 2 heterocycles. The second-order valence-electron chi connectivity index (χ2n) is 6.57. The number of nitrogens with one attached hydrogen (secondary N) is 1. The standard InChI is InChI=1S/C16H26N2O2/c1-11-8-12(2)18-15(20-13-6-7-19-10-13)14(11)9-17-16(3,4)5/h8,13,17H,6-7,9-10H2,1-5H3. The molecule has 0 saturated carbocycles. The van der Waals surface area contributed by atoms with Gasteiger partial charge >= 0.3 is 0 Å². The van der Waals surface area contributed by atoms with Gasteiger partial charge in [0, 0.05) is 29.8 Å². The molecule has 0 aliphatic carbocycles. The van der Waals surface area contributed by atoms with Crippen LogP contribution in [-0.2, 0) is 11.3 Å². The Balaban J connectivity index is 2.18. The second kappa shape index (κ2) is 6.10. The third-order valence-electron chi connectivity index (χ3n) is 3.40. The molecular weight excluding hydrogens is 252 g/mol. The first-order chi connectivity index (χ1) is 9.35. The molecule has 2 rings (SSSR count). The zero-order valence-electron chi connectivity index (χ0n) is 13.2. The molecule has 1 aromatic rings. The topological polar surface area (TPSA) is 43.4 Å². The smallest absolute Gasteiger partial charge is 0.218 e. The van der Waals surface area contributed by atoms with Gasteiger partial charge in [0.1, 0.15) is 6.10 Å². The van der Waals surface area contributed by atoms with Gasteiger partial charge in [0.25, 0.3) is 0 Å². The molecule has 0 radical (unpaired) electrons.